The molecular weight excluding hydrogens is 1190 g/mol. The highest BCUT2D eigenvalue weighted by Crippen LogP contribution is 2.23. The van der Waals surface area contributed by atoms with E-state index in [-0.39, 0.29) is 102 Å². The Bertz CT molecular complexity index is 3800. The second-order valence-electron chi connectivity index (χ2n) is 23.3. The fourth-order valence-electron chi connectivity index (χ4n) is 10.8. The molecule has 0 saturated carbocycles. The van der Waals surface area contributed by atoms with Crippen molar-refractivity contribution >= 4 is 97.9 Å². The van der Waals surface area contributed by atoms with Gasteiger partial charge in [-0.05, 0) is 84.9 Å². The number of hydrogen-bond acceptors (Lipinski definition) is 12. The highest BCUT2D eigenvalue weighted by Gasteiger charge is 2.36. The van der Waals surface area contributed by atoms with E-state index >= 15 is 19.2 Å². The van der Waals surface area contributed by atoms with Crippen LogP contribution in [0.4, 0.5) is 0 Å². The molecule has 28 heteroatoms. The number of hydrogen-bond donors (Lipinski definition) is 17. The van der Waals surface area contributed by atoms with Crippen molar-refractivity contribution in [2.24, 2.45) is 50.3 Å². The molecule has 3 aromatic heterocycles. The Balaban J connectivity index is 1.20. The number of guanidine groups is 2. The third-order valence-electron chi connectivity index (χ3n) is 15.6. The van der Waals surface area contributed by atoms with Gasteiger partial charge in [0.25, 0.3) is 0 Å². The van der Waals surface area contributed by atoms with Crippen molar-refractivity contribution in [2.75, 3.05) is 13.1 Å². The molecule has 8 atom stereocenters. The minimum atomic E-state index is -1.44. The van der Waals surface area contributed by atoms with Gasteiger partial charge in [0.2, 0.25) is 47.3 Å². The number of nitrogens with zero attached hydrogens (tertiary/aromatic N) is 2. The minimum Gasteiger partial charge on any atom is -0.480 e. The van der Waals surface area contributed by atoms with Crippen LogP contribution in [0.5, 0.6) is 0 Å². The number of primary amides is 1. The van der Waals surface area contributed by atoms with Crippen molar-refractivity contribution in [2.45, 2.75) is 133 Å². The normalized spacial score (nSPS) is 13.8. The maximum absolute atomic E-state index is 15.3. The van der Waals surface area contributed by atoms with Gasteiger partial charge >= 0.3 is 5.97 Å². The molecule has 0 saturated heterocycles. The topological polar surface area (TPSA) is 486 Å². The highest BCUT2D eigenvalue weighted by molar-refractivity contribution is 5.99. The highest BCUT2D eigenvalue weighted by atomic mass is 16.4. The summed E-state index contributed by atoms with van der Waals surface area (Å²) in [5.74, 6) is -8.30. The molecule has 0 bridgehead atoms. The molecule has 7 rings (SSSR count). The van der Waals surface area contributed by atoms with E-state index in [4.69, 9.17) is 34.4 Å². The number of rotatable bonds is 36. The number of H-pyrrole nitrogens is 3. The zero-order chi connectivity index (χ0) is 67.1. The van der Waals surface area contributed by atoms with E-state index < -0.39 is 102 Å². The Kier molecular flexibility index (Phi) is 25.4. The van der Waals surface area contributed by atoms with Crippen molar-refractivity contribution in [3.05, 3.63) is 144 Å². The Hall–Kier alpha value is -10.8. The lowest BCUT2D eigenvalue weighted by atomic mass is 9.98. The van der Waals surface area contributed by atoms with E-state index in [1.54, 1.807) is 48.9 Å². The van der Waals surface area contributed by atoms with Crippen LogP contribution in [0.25, 0.3) is 32.7 Å². The fourth-order valence-corrected chi connectivity index (χ4v) is 10.8. The van der Waals surface area contributed by atoms with Gasteiger partial charge in [0, 0.05) is 96.5 Å². The molecule has 23 N–H and O–H groups in total. The van der Waals surface area contributed by atoms with Crippen LogP contribution in [-0.4, -0.2) is 147 Å². The van der Waals surface area contributed by atoms with Crippen LogP contribution in [0.2, 0.25) is 0 Å². The predicted molar refractivity (Wildman–Crippen MR) is 353 cm³/mol. The summed E-state index contributed by atoms with van der Waals surface area (Å²) < 4.78 is 0. The average molecular weight is 1280 g/mol. The van der Waals surface area contributed by atoms with Gasteiger partial charge in [0.15, 0.2) is 11.9 Å². The van der Waals surface area contributed by atoms with Gasteiger partial charge in [0.05, 0.1) is 6.04 Å². The average Bonchev–Trinajstić information content (AvgIpc) is 1.80. The fraction of sp³-hybridized carbons (Fsp3) is 0.369. The van der Waals surface area contributed by atoms with Gasteiger partial charge < -0.3 is 91.7 Å². The molecule has 28 nitrogen and oxygen atoms in total. The first-order valence-electron chi connectivity index (χ1n) is 30.7. The van der Waals surface area contributed by atoms with E-state index in [9.17, 15) is 29.1 Å². The Morgan fingerprint density at radius 2 is 0.774 bits per heavy atom. The molecule has 4 aromatic carbocycles. The van der Waals surface area contributed by atoms with Gasteiger partial charge in [-0.1, -0.05) is 98.8 Å². The predicted octanol–water partition coefficient (Wildman–Crippen LogP) is 0.625. The van der Waals surface area contributed by atoms with E-state index in [0.29, 0.717) is 22.3 Å². The second-order valence-corrected chi connectivity index (χ2v) is 23.3. The maximum atomic E-state index is 15.3. The van der Waals surface area contributed by atoms with Crippen LogP contribution in [-0.2, 0) is 68.8 Å². The first-order chi connectivity index (χ1) is 44.5. The molecule has 7 aromatic rings. The largest absolute Gasteiger partial charge is 0.480 e. The first-order valence-corrected chi connectivity index (χ1v) is 30.7. The van der Waals surface area contributed by atoms with Crippen LogP contribution in [0, 0.1) is 5.92 Å². The van der Waals surface area contributed by atoms with Gasteiger partial charge in [-0.2, -0.15) is 0 Å². The zero-order valence-electron chi connectivity index (χ0n) is 51.9. The molecule has 93 heavy (non-hydrogen) atoms. The van der Waals surface area contributed by atoms with E-state index in [1.807, 2.05) is 86.6 Å². The number of aromatic nitrogens is 3. The maximum Gasteiger partial charge on any atom is 0.326 e. The number of nitrogens with two attached hydrogens (primary N) is 6. The lowest BCUT2D eigenvalue weighted by molar-refractivity contribution is -0.142. The van der Waals surface area contributed by atoms with Gasteiger partial charge in [-0.3, -0.25) is 48.3 Å². The molecule has 0 fully saturated rings. The Morgan fingerprint density at radius 3 is 1.17 bits per heavy atom. The van der Waals surface area contributed by atoms with Gasteiger partial charge in [0.1, 0.15) is 42.3 Å². The number of carboxylic acids is 1. The summed E-state index contributed by atoms with van der Waals surface area (Å²) in [6.45, 7) is 3.83. The third kappa shape index (κ3) is 20.9. The van der Waals surface area contributed by atoms with Crippen molar-refractivity contribution in [3.63, 3.8) is 0 Å². The summed E-state index contributed by atoms with van der Waals surface area (Å²) >= 11 is 0. The summed E-state index contributed by atoms with van der Waals surface area (Å²) in [4.78, 5) is 145. The van der Waals surface area contributed by atoms with Gasteiger partial charge in [-0.15, -0.1) is 0 Å². The number of para-hydroxylation sites is 3. The van der Waals surface area contributed by atoms with Crippen LogP contribution >= 0.6 is 0 Å². The molecule has 8 amide bonds. The Labute approximate surface area is 536 Å². The molecular formula is C65H84N18O10. The number of aromatic amines is 3. The number of aliphatic imine (C=N–C) groups is 2. The smallest absolute Gasteiger partial charge is 0.326 e. The van der Waals surface area contributed by atoms with Crippen molar-refractivity contribution in [1.82, 2.24) is 52.2 Å². The van der Waals surface area contributed by atoms with Crippen molar-refractivity contribution < 1.29 is 48.3 Å². The second kappa shape index (κ2) is 33.9. The summed E-state index contributed by atoms with van der Waals surface area (Å²) in [7, 11) is 0. The summed E-state index contributed by atoms with van der Waals surface area (Å²) in [5.41, 5.74) is 38.1. The molecule has 494 valence electrons. The molecule has 3 heterocycles. The molecule has 0 aliphatic heterocycles. The van der Waals surface area contributed by atoms with Crippen molar-refractivity contribution in [1.29, 1.82) is 0 Å². The molecule has 0 radical (unpaired) electrons. The number of aliphatic carboxylic acids is 1. The van der Waals surface area contributed by atoms with Crippen LogP contribution in [0.3, 0.4) is 0 Å². The van der Waals surface area contributed by atoms with Crippen LogP contribution in [0.15, 0.2) is 132 Å². The monoisotopic (exact) mass is 1280 g/mol. The molecule has 0 aliphatic carbocycles. The third-order valence-corrected chi connectivity index (χ3v) is 15.6. The summed E-state index contributed by atoms with van der Waals surface area (Å²) in [6.07, 6.45) is 4.60. The number of carbonyl (C=O) groups excluding carboxylic acids is 8. The number of carbonyl (C=O) groups is 9. The number of amides is 8. The van der Waals surface area contributed by atoms with Crippen molar-refractivity contribution in [3.8, 4) is 0 Å². The minimum absolute atomic E-state index is 0.0211. The molecule has 0 spiro atoms. The molecule has 0 aliphatic rings. The number of benzene rings is 4. The number of carboxylic acid groups (broad SMARTS) is 1. The van der Waals surface area contributed by atoms with Gasteiger partial charge in [-0.25, -0.2) is 4.79 Å². The van der Waals surface area contributed by atoms with E-state index in [1.165, 1.54) is 0 Å². The molecule has 0 unspecified atom stereocenters. The number of nitrogens with one attached hydrogen (secondary N) is 10. The Morgan fingerprint density at radius 1 is 0.430 bits per heavy atom. The lowest BCUT2D eigenvalue weighted by Crippen LogP contribution is -2.61. The SMILES string of the molecule is CC(C)C[C@H](NC(=O)[C@@H](Cc1c[nH]c2ccccc12)NC(=O)[C@H](Cc1ccccc1)NC(=O)[C@@H](CCCN=C(N)N)NC(=O)[C@@H](N)CCC(N)=O)C(=O)N[C@H](Cc1c[nH]c2ccccc12)C(=O)N[C@@H](Cc1c[nH]c2ccccc12)C(=O)N[C@H](CCCN=C(N)N)C(=O)O. The summed E-state index contributed by atoms with van der Waals surface area (Å²) in [6, 6.07) is 19.7. The van der Waals surface area contributed by atoms with Crippen LogP contribution in [0.1, 0.15) is 81.0 Å². The quantitative estimate of drug-likeness (QED) is 0.0146. The van der Waals surface area contributed by atoms with Crippen LogP contribution < -0.4 is 71.6 Å². The standard InChI is InChI=1S/C65H84N18O10/c1-36(2)28-50(58(87)81-54(32-40-35-76-47-21-11-8-18-43(40)47)62(91)83-52(30-38-33-74-45-19-9-6-16-41(38)45)60(89)78-49(63(92)93)23-13-27-73-65(70)71)79-61(90)53(31-39-34-75-46-20-10-7-17-42(39)46)82-59(88)51(29-37-14-4-3-5-15-37)80-57(86)48(22-12-26-72-64(68)69)77-56(85)44(66)24-25-55(67)84/h3-11,14-21,33-36,44,48-54,74-76H,12-13,22-32,66H2,1-2H3,(H2,67,84)(H,77,85)(H,78,89)(H,79,90)(H,80,86)(H,81,87)(H,82,88)(H,83,91)(H,92,93)(H4,68,69,72)(H4,70,71,73)/t44-,48+,49+,50-,51-,52-,53+,54+/m0/s1. The summed E-state index contributed by atoms with van der Waals surface area (Å²) in [5, 5.41) is 31.9. The zero-order valence-corrected chi connectivity index (χ0v) is 51.9. The first kappa shape index (κ1) is 69.7. The van der Waals surface area contributed by atoms with E-state index in [2.05, 4.69) is 62.2 Å². The number of fused-ring (bicyclic) bond motifs is 3. The lowest BCUT2D eigenvalue weighted by Gasteiger charge is -2.28. The van der Waals surface area contributed by atoms with E-state index in [0.717, 1.165) is 32.7 Å².